The second-order valence-corrected chi connectivity index (χ2v) is 8.21. The molecule has 28 heavy (non-hydrogen) atoms. The number of alkyl halides is 3. The van der Waals surface area contributed by atoms with Crippen LogP contribution in [0.3, 0.4) is 0 Å². The molecule has 5 nitrogen and oxygen atoms in total. The Hall–Kier alpha value is -2.83. The first-order chi connectivity index (χ1) is 13.0. The van der Waals surface area contributed by atoms with Crippen molar-refractivity contribution in [2.75, 3.05) is 6.26 Å². The predicted molar refractivity (Wildman–Crippen MR) is 97.9 cm³/mol. The molecule has 0 fully saturated rings. The average molecular weight is 426 g/mol. The maximum Gasteiger partial charge on any atom is 0.435 e. The van der Waals surface area contributed by atoms with Crippen LogP contribution in [0.5, 0.6) is 0 Å². The number of hydrogen-bond acceptors (Lipinski definition) is 4. The Morgan fingerprint density at radius 1 is 1.18 bits per heavy atom. The summed E-state index contributed by atoms with van der Waals surface area (Å²) in [5.41, 5.74) is -0.338. The molecule has 0 bridgehead atoms. The first-order valence-corrected chi connectivity index (χ1v) is 9.88. The summed E-state index contributed by atoms with van der Waals surface area (Å²) < 4.78 is 63.7. The van der Waals surface area contributed by atoms with Crippen molar-refractivity contribution in [2.45, 2.75) is 11.1 Å². The van der Waals surface area contributed by atoms with Crippen LogP contribution < -0.4 is 0 Å². The molecule has 0 saturated heterocycles. The molecule has 0 spiro atoms. The van der Waals surface area contributed by atoms with E-state index in [2.05, 4.69) is 16.0 Å². The number of hydrogen-bond donors (Lipinski definition) is 0. The number of aromatic nitrogens is 3. The van der Waals surface area contributed by atoms with E-state index in [1.165, 1.54) is 30.3 Å². The van der Waals surface area contributed by atoms with Gasteiger partial charge in [-0.2, -0.15) is 18.3 Å². The van der Waals surface area contributed by atoms with Gasteiger partial charge in [0.25, 0.3) is 0 Å². The molecule has 0 amide bonds. The van der Waals surface area contributed by atoms with E-state index in [0.717, 1.165) is 23.2 Å². The van der Waals surface area contributed by atoms with Crippen molar-refractivity contribution in [3.63, 3.8) is 0 Å². The standard InChI is InChI=1S/C18H11ClF3N3O2S/c1-3-11-4-5-12(8-14(11)19)15-9-16(18(20,21)22)24-25(15)17-7-6-13(10-23-17)28(2,26)27/h1,4-10H,2H3. The highest BCUT2D eigenvalue weighted by atomic mass is 35.5. The topological polar surface area (TPSA) is 64.8 Å². The van der Waals surface area contributed by atoms with Crippen LogP contribution in [0.1, 0.15) is 11.3 Å². The molecule has 0 saturated carbocycles. The van der Waals surface area contributed by atoms with Gasteiger partial charge >= 0.3 is 6.18 Å². The number of nitrogens with zero attached hydrogens (tertiary/aromatic N) is 3. The zero-order valence-electron chi connectivity index (χ0n) is 14.2. The predicted octanol–water partition coefficient (Wildman–Crippen LogP) is 3.99. The molecule has 0 N–H and O–H groups in total. The number of sulfone groups is 1. The van der Waals surface area contributed by atoms with E-state index < -0.39 is 21.7 Å². The van der Waals surface area contributed by atoms with E-state index in [-0.39, 0.29) is 21.4 Å². The van der Waals surface area contributed by atoms with Gasteiger partial charge in [0.15, 0.2) is 21.3 Å². The Morgan fingerprint density at radius 2 is 1.89 bits per heavy atom. The third kappa shape index (κ3) is 3.88. The molecule has 0 atom stereocenters. The van der Waals surface area contributed by atoms with Gasteiger partial charge in [-0.3, -0.25) is 0 Å². The van der Waals surface area contributed by atoms with Crippen molar-refractivity contribution >= 4 is 21.4 Å². The fourth-order valence-corrected chi connectivity index (χ4v) is 3.20. The molecule has 1 aromatic carbocycles. The van der Waals surface area contributed by atoms with E-state index in [1.807, 2.05) is 0 Å². The Balaban J connectivity index is 2.19. The van der Waals surface area contributed by atoms with Gasteiger partial charge in [-0.25, -0.2) is 18.1 Å². The highest BCUT2D eigenvalue weighted by Crippen LogP contribution is 2.34. The van der Waals surface area contributed by atoms with Crippen molar-refractivity contribution in [3.8, 4) is 29.4 Å². The van der Waals surface area contributed by atoms with Crippen LogP contribution in [-0.4, -0.2) is 29.4 Å². The fourth-order valence-electron chi connectivity index (χ4n) is 2.41. The van der Waals surface area contributed by atoms with Crippen molar-refractivity contribution < 1.29 is 21.6 Å². The molecule has 2 heterocycles. The third-order valence-electron chi connectivity index (χ3n) is 3.79. The number of benzene rings is 1. The third-order valence-corrected chi connectivity index (χ3v) is 5.20. The quantitative estimate of drug-likeness (QED) is 0.595. The minimum Gasteiger partial charge on any atom is -0.236 e. The van der Waals surface area contributed by atoms with E-state index in [9.17, 15) is 21.6 Å². The number of rotatable bonds is 3. The van der Waals surface area contributed by atoms with Crippen LogP contribution in [0, 0.1) is 12.3 Å². The van der Waals surface area contributed by atoms with Crippen LogP contribution in [0.2, 0.25) is 5.02 Å². The lowest BCUT2D eigenvalue weighted by molar-refractivity contribution is -0.141. The summed E-state index contributed by atoms with van der Waals surface area (Å²) in [7, 11) is -3.50. The highest BCUT2D eigenvalue weighted by molar-refractivity contribution is 7.90. The second-order valence-electron chi connectivity index (χ2n) is 5.79. The van der Waals surface area contributed by atoms with E-state index in [4.69, 9.17) is 18.0 Å². The van der Waals surface area contributed by atoms with E-state index in [1.54, 1.807) is 0 Å². The molecule has 3 rings (SSSR count). The van der Waals surface area contributed by atoms with Gasteiger partial charge in [-0.15, -0.1) is 6.42 Å². The molecule has 0 radical (unpaired) electrons. The molecule has 3 aromatic rings. The zero-order valence-corrected chi connectivity index (χ0v) is 15.8. The lowest BCUT2D eigenvalue weighted by Gasteiger charge is -2.08. The molecule has 0 unspecified atom stereocenters. The highest BCUT2D eigenvalue weighted by Gasteiger charge is 2.35. The van der Waals surface area contributed by atoms with Crippen LogP contribution in [0.15, 0.2) is 47.5 Å². The Morgan fingerprint density at radius 3 is 2.39 bits per heavy atom. The number of pyridine rings is 1. The zero-order chi connectivity index (χ0) is 20.7. The summed E-state index contributed by atoms with van der Waals surface area (Å²) in [5.74, 6) is 2.38. The van der Waals surface area contributed by atoms with Crippen molar-refractivity contribution in [2.24, 2.45) is 0 Å². The fraction of sp³-hybridized carbons (Fsp3) is 0.111. The lowest BCUT2D eigenvalue weighted by Crippen LogP contribution is -2.08. The summed E-state index contributed by atoms with van der Waals surface area (Å²) in [6.07, 6.45) is 2.68. The van der Waals surface area contributed by atoms with Gasteiger partial charge in [0, 0.05) is 23.6 Å². The van der Waals surface area contributed by atoms with Gasteiger partial charge < -0.3 is 0 Å². The molecule has 10 heteroatoms. The molecule has 144 valence electrons. The van der Waals surface area contributed by atoms with Gasteiger partial charge in [0.05, 0.1) is 15.6 Å². The maximum absolute atomic E-state index is 13.2. The van der Waals surface area contributed by atoms with Crippen LogP contribution >= 0.6 is 11.6 Å². The largest absolute Gasteiger partial charge is 0.435 e. The summed E-state index contributed by atoms with van der Waals surface area (Å²) in [6, 6.07) is 7.81. The number of terminal acetylenes is 1. The van der Waals surface area contributed by atoms with Crippen molar-refractivity contribution in [1.82, 2.24) is 14.8 Å². The van der Waals surface area contributed by atoms with Gasteiger partial charge in [0.1, 0.15) is 0 Å². The Kier molecular flexibility index (Phi) is 4.95. The first kappa shape index (κ1) is 19.9. The summed E-state index contributed by atoms with van der Waals surface area (Å²) in [6.45, 7) is 0. The van der Waals surface area contributed by atoms with Gasteiger partial charge in [-0.05, 0) is 30.3 Å². The SMILES string of the molecule is C#Cc1ccc(-c2cc(C(F)(F)F)nn2-c2ccc(S(C)(=O)=O)cn2)cc1Cl. The summed E-state index contributed by atoms with van der Waals surface area (Å²) in [4.78, 5) is 3.87. The Bertz CT molecular complexity index is 1190. The minimum atomic E-state index is -4.69. The lowest BCUT2D eigenvalue weighted by atomic mass is 10.1. The monoisotopic (exact) mass is 425 g/mol. The minimum absolute atomic E-state index is 0.00930. The molecular formula is C18H11ClF3N3O2S. The average Bonchev–Trinajstić information content (AvgIpc) is 3.07. The van der Waals surface area contributed by atoms with Crippen LogP contribution in [-0.2, 0) is 16.0 Å². The first-order valence-electron chi connectivity index (χ1n) is 7.61. The molecule has 0 aliphatic carbocycles. The van der Waals surface area contributed by atoms with Crippen LogP contribution in [0.25, 0.3) is 17.1 Å². The van der Waals surface area contributed by atoms with Crippen molar-refractivity contribution in [1.29, 1.82) is 0 Å². The summed E-state index contributed by atoms with van der Waals surface area (Å²) in [5, 5.41) is 3.78. The number of halogens is 4. The smallest absolute Gasteiger partial charge is 0.236 e. The van der Waals surface area contributed by atoms with E-state index in [0.29, 0.717) is 11.1 Å². The molecule has 0 aliphatic rings. The maximum atomic E-state index is 13.2. The van der Waals surface area contributed by atoms with E-state index >= 15 is 0 Å². The molecule has 2 aromatic heterocycles. The second kappa shape index (κ2) is 6.96. The van der Waals surface area contributed by atoms with Crippen LogP contribution in [0.4, 0.5) is 13.2 Å². The Labute approximate surface area is 163 Å². The molecule has 0 aliphatic heterocycles. The van der Waals surface area contributed by atoms with Gasteiger partial charge in [-0.1, -0.05) is 23.6 Å². The summed E-state index contributed by atoms with van der Waals surface area (Å²) >= 11 is 6.07. The van der Waals surface area contributed by atoms with Crippen molar-refractivity contribution in [3.05, 3.63) is 58.9 Å². The molecular weight excluding hydrogens is 415 g/mol. The normalized spacial score (nSPS) is 12.0. The van der Waals surface area contributed by atoms with Gasteiger partial charge in [0.2, 0.25) is 0 Å².